The van der Waals surface area contributed by atoms with Crippen molar-refractivity contribution in [1.29, 1.82) is 0 Å². The van der Waals surface area contributed by atoms with E-state index in [1.165, 1.54) is 6.92 Å². The molecule has 0 aliphatic carbocycles. The van der Waals surface area contributed by atoms with Crippen LogP contribution in [0.3, 0.4) is 0 Å². The van der Waals surface area contributed by atoms with Gasteiger partial charge in [-0.1, -0.05) is 13.8 Å². The largest absolute Gasteiger partial charge is 0.344 e. The Balaban J connectivity index is 2.75. The molecule has 0 bridgehead atoms. The Kier molecular flexibility index (Phi) is 4.83. The summed E-state index contributed by atoms with van der Waals surface area (Å²) in [6.45, 7) is 7.08. The van der Waals surface area contributed by atoms with Crippen molar-refractivity contribution < 1.29 is 9.59 Å². The number of nitrogens with zero attached hydrogens (tertiary/aromatic N) is 1. The molecule has 0 aliphatic heterocycles. The highest BCUT2D eigenvalue weighted by molar-refractivity contribution is 5.96. The number of rotatable bonds is 4. The van der Waals surface area contributed by atoms with Crippen LogP contribution in [0.1, 0.15) is 26.3 Å². The third-order valence-electron chi connectivity index (χ3n) is 2.47. The molecular weight excluding hydrogens is 230 g/mol. The van der Waals surface area contributed by atoms with E-state index in [-0.39, 0.29) is 17.7 Å². The molecular formula is C13H19N3O2. The van der Waals surface area contributed by atoms with Crippen molar-refractivity contribution in [2.75, 3.05) is 5.32 Å². The Labute approximate surface area is 107 Å². The molecule has 0 saturated carbocycles. The average molecular weight is 249 g/mol. The SMILES string of the molecule is CC(=O)N[C@@H](C(=O)Nc1cc(C)ccn1)C(C)C. The van der Waals surface area contributed by atoms with Gasteiger partial charge in [0.25, 0.3) is 0 Å². The normalized spacial score (nSPS) is 12.1. The standard InChI is InChI=1S/C13H19N3O2/c1-8(2)12(15-10(4)17)13(18)16-11-7-9(3)5-6-14-11/h5-8,12H,1-4H3,(H,15,17)(H,14,16,18)/t12-/m1/s1. The first kappa shape index (κ1) is 14.2. The minimum Gasteiger partial charge on any atom is -0.344 e. The Morgan fingerprint density at radius 3 is 2.50 bits per heavy atom. The quantitative estimate of drug-likeness (QED) is 0.849. The van der Waals surface area contributed by atoms with E-state index in [2.05, 4.69) is 15.6 Å². The monoisotopic (exact) mass is 249 g/mol. The van der Waals surface area contributed by atoms with Crippen molar-refractivity contribution in [1.82, 2.24) is 10.3 Å². The van der Waals surface area contributed by atoms with Gasteiger partial charge >= 0.3 is 0 Å². The molecule has 18 heavy (non-hydrogen) atoms. The van der Waals surface area contributed by atoms with Crippen LogP contribution >= 0.6 is 0 Å². The zero-order chi connectivity index (χ0) is 13.7. The third kappa shape index (κ3) is 4.16. The second-order valence-corrected chi connectivity index (χ2v) is 4.63. The first-order valence-electron chi connectivity index (χ1n) is 5.90. The van der Waals surface area contributed by atoms with E-state index in [0.717, 1.165) is 5.56 Å². The number of carbonyl (C=O) groups excluding carboxylic acids is 2. The Bertz CT molecular complexity index is 444. The first-order chi connectivity index (χ1) is 8.40. The summed E-state index contributed by atoms with van der Waals surface area (Å²) >= 11 is 0. The molecule has 5 heteroatoms. The number of aryl methyl sites for hydroxylation is 1. The van der Waals surface area contributed by atoms with Gasteiger partial charge in [0.05, 0.1) is 0 Å². The minimum absolute atomic E-state index is 0.0127. The molecule has 0 aliphatic rings. The smallest absolute Gasteiger partial charge is 0.248 e. The van der Waals surface area contributed by atoms with Crippen molar-refractivity contribution in [3.8, 4) is 0 Å². The fourth-order valence-electron chi connectivity index (χ4n) is 1.56. The lowest BCUT2D eigenvalue weighted by Crippen LogP contribution is -2.46. The number of pyridine rings is 1. The summed E-state index contributed by atoms with van der Waals surface area (Å²) in [7, 11) is 0. The van der Waals surface area contributed by atoms with E-state index in [4.69, 9.17) is 0 Å². The van der Waals surface area contributed by atoms with E-state index in [1.54, 1.807) is 12.3 Å². The summed E-state index contributed by atoms with van der Waals surface area (Å²) in [5.41, 5.74) is 1.01. The molecule has 1 atom stereocenters. The van der Waals surface area contributed by atoms with Crippen LogP contribution in [0.15, 0.2) is 18.3 Å². The van der Waals surface area contributed by atoms with Crippen molar-refractivity contribution >= 4 is 17.6 Å². The number of hydrogen-bond donors (Lipinski definition) is 2. The highest BCUT2D eigenvalue weighted by Crippen LogP contribution is 2.08. The van der Waals surface area contributed by atoms with E-state index < -0.39 is 6.04 Å². The molecule has 98 valence electrons. The molecule has 1 rings (SSSR count). The molecule has 2 amide bonds. The van der Waals surface area contributed by atoms with E-state index in [0.29, 0.717) is 5.82 Å². The molecule has 0 aromatic carbocycles. The summed E-state index contributed by atoms with van der Waals surface area (Å²) in [5, 5.41) is 5.34. The minimum atomic E-state index is -0.551. The highest BCUT2D eigenvalue weighted by atomic mass is 16.2. The zero-order valence-corrected chi connectivity index (χ0v) is 11.2. The average Bonchev–Trinajstić information content (AvgIpc) is 2.25. The molecule has 0 saturated heterocycles. The van der Waals surface area contributed by atoms with Gasteiger partial charge in [-0.15, -0.1) is 0 Å². The van der Waals surface area contributed by atoms with E-state index in [9.17, 15) is 9.59 Å². The summed E-state index contributed by atoms with van der Waals surface area (Å²) in [4.78, 5) is 27.2. The number of anilines is 1. The number of nitrogens with one attached hydrogen (secondary N) is 2. The molecule has 1 heterocycles. The van der Waals surface area contributed by atoms with Crippen LogP contribution in [-0.4, -0.2) is 22.8 Å². The van der Waals surface area contributed by atoms with Crippen molar-refractivity contribution in [3.63, 3.8) is 0 Å². The van der Waals surface area contributed by atoms with Gasteiger partial charge in [-0.25, -0.2) is 4.98 Å². The van der Waals surface area contributed by atoms with E-state index >= 15 is 0 Å². The second kappa shape index (κ2) is 6.14. The summed E-state index contributed by atoms with van der Waals surface area (Å²) in [6, 6.07) is 3.08. The van der Waals surface area contributed by atoms with Crippen molar-refractivity contribution in [2.45, 2.75) is 33.7 Å². The second-order valence-electron chi connectivity index (χ2n) is 4.63. The summed E-state index contributed by atoms with van der Waals surface area (Å²) < 4.78 is 0. The van der Waals surface area contributed by atoms with Crippen molar-refractivity contribution in [3.05, 3.63) is 23.9 Å². The Hall–Kier alpha value is -1.91. The predicted octanol–water partition coefficient (Wildman–Crippen LogP) is 1.49. The lowest BCUT2D eigenvalue weighted by Gasteiger charge is -2.20. The van der Waals surface area contributed by atoms with Crippen LogP contribution < -0.4 is 10.6 Å². The summed E-state index contributed by atoms with van der Waals surface area (Å²) in [5.74, 6) is 0.0362. The molecule has 0 radical (unpaired) electrons. The van der Waals surface area contributed by atoms with Gasteiger partial charge in [-0.05, 0) is 30.5 Å². The number of aromatic nitrogens is 1. The Morgan fingerprint density at radius 2 is 2.00 bits per heavy atom. The molecule has 1 aromatic rings. The first-order valence-corrected chi connectivity index (χ1v) is 5.90. The van der Waals surface area contributed by atoms with Gasteiger partial charge in [-0.3, -0.25) is 9.59 Å². The maximum Gasteiger partial charge on any atom is 0.248 e. The van der Waals surface area contributed by atoms with Crippen molar-refractivity contribution in [2.24, 2.45) is 5.92 Å². The van der Waals surface area contributed by atoms with Crippen LogP contribution in [0.2, 0.25) is 0 Å². The zero-order valence-electron chi connectivity index (χ0n) is 11.2. The fourth-order valence-corrected chi connectivity index (χ4v) is 1.56. The van der Waals surface area contributed by atoms with Gasteiger partial charge in [0.15, 0.2) is 0 Å². The third-order valence-corrected chi connectivity index (χ3v) is 2.47. The lowest BCUT2D eigenvalue weighted by atomic mass is 10.0. The highest BCUT2D eigenvalue weighted by Gasteiger charge is 2.23. The number of carbonyl (C=O) groups is 2. The van der Waals surface area contributed by atoms with Gasteiger partial charge < -0.3 is 10.6 Å². The number of hydrogen-bond acceptors (Lipinski definition) is 3. The topological polar surface area (TPSA) is 71.1 Å². The Morgan fingerprint density at radius 1 is 1.33 bits per heavy atom. The van der Waals surface area contributed by atoms with Gasteiger partial charge in [0.2, 0.25) is 11.8 Å². The molecule has 1 aromatic heterocycles. The fraction of sp³-hybridized carbons (Fsp3) is 0.462. The van der Waals surface area contributed by atoms with Gasteiger partial charge in [0, 0.05) is 13.1 Å². The van der Waals surface area contributed by atoms with Crippen LogP contribution in [0, 0.1) is 12.8 Å². The molecule has 0 fully saturated rings. The molecule has 2 N–H and O–H groups in total. The predicted molar refractivity (Wildman–Crippen MR) is 70.0 cm³/mol. The molecule has 0 unspecified atom stereocenters. The van der Waals surface area contributed by atoms with E-state index in [1.807, 2.05) is 26.8 Å². The lowest BCUT2D eigenvalue weighted by molar-refractivity contribution is -0.126. The molecule has 5 nitrogen and oxygen atoms in total. The maximum absolute atomic E-state index is 12.0. The number of amides is 2. The molecule has 0 spiro atoms. The summed E-state index contributed by atoms with van der Waals surface area (Å²) in [6.07, 6.45) is 1.63. The van der Waals surface area contributed by atoms with Crippen LogP contribution in [0.4, 0.5) is 5.82 Å². The van der Waals surface area contributed by atoms with Crippen LogP contribution in [0.5, 0.6) is 0 Å². The van der Waals surface area contributed by atoms with Gasteiger partial charge in [0.1, 0.15) is 11.9 Å². The maximum atomic E-state index is 12.0. The van der Waals surface area contributed by atoms with Gasteiger partial charge in [-0.2, -0.15) is 0 Å². The van der Waals surface area contributed by atoms with Crippen LogP contribution in [0.25, 0.3) is 0 Å². The van der Waals surface area contributed by atoms with Crippen LogP contribution in [-0.2, 0) is 9.59 Å².